The van der Waals surface area contributed by atoms with Crippen LogP contribution in [0.15, 0.2) is 18.2 Å². The van der Waals surface area contributed by atoms with Crippen LogP contribution < -0.4 is 0 Å². The zero-order chi connectivity index (χ0) is 15.1. The Balaban J connectivity index is 2.38. The Hall–Kier alpha value is -1.65. The topological polar surface area (TPSA) is 34.4 Å². The van der Waals surface area contributed by atoms with Crippen molar-refractivity contribution in [3.05, 3.63) is 45.1 Å². The summed E-state index contributed by atoms with van der Waals surface area (Å²) in [6, 6.07) is 5.96. The van der Waals surface area contributed by atoms with Gasteiger partial charge < -0.3 is 0 Å². The molecule has 0 fully saturated rings. The summed E-state index contributed by atoms with van der Waals surface area (Å²) in [5, 5.41) is 0.751. The van der Waals surface area contributed by atoms with Crippen LogP contribution in [-0.4, -0.2) is 15.7 Å². The highest BCUT2D eigenvalue weighted by molar-refractivity contribution is 7.17. The zero-order valence-electron chi connectivity index (χ0n) is 12.1. The molecule has 0 amide bonds. The number of carbonyl (C=O) groups is 1. The molecule has 0 saturated heterocycles. The quantitative estimate of drug-likeness (QED) is 0.655. The van der Waals surface area contributed by atoms with Crippen molar-refractivity contribution in [2.75, 3.05) is 0 Å². The Morgan fingerprint density at radius 3 is 2.76 bits per heavy atom. The average Bonchev–Trinajstić information content (AvgIpc) is 2.95. The van der Waals surface area contributed by atoms with E-state index in [2.05, 4.69) is 18.0 Å². The van der Waals surface area contributed by atoms with Crippen molar-refractivity contribution in [2.45, 2.75) is 27.2 Å². The summed E-state index contributed by atoms with van der Waals surface area (Å²) in [4.78, 5) is 18.0. The number of rotatable bonds is 3. The normalized spacial score (nSPS) is 11.2. The molecule has 0 radical (unpaired) electrons. The molecule has 3 nitrogen and oxygen atoms in total. The van der Waals surface area contributed by atoms with Crippen molar-refractivity contribution in [1.82, 2.24) is 9.38 Å². The van der Waals surface area contributed by atoms with Gasteiger partial charge in [-0.3, -0.25) is 9.20 Å². The van der Waals surface area contributed by atoms with Gasteiger partial charge in [0.15, 0.2) is 11.2 Å². The van der Waals surface area contributed by atoms with Crippen LogP contribution in [-0.2, 0) is 6.42 Å². The van der Waals surface area contributed by atoms with Crippen LogP contribution in [0, 0.1) is 13.8 Å². The summed E-state index contributed by atoms with van der Waals surface area (Å²) in [6.45, 7) is 5.97. The van der Waals surface area contributed by atoms with Crippen LogP contribution >= 0.6 is 22.9 Å². The second kappa shape index (κ2) is 5.28. The third kappa shape index (κ3) is 2.19. The zero-order valence-corrected chi connectivity index (χ0v) is 13.7. The number of halogens is 1. The molecule has 1 aromatic carbocycles. The first-order chi connectivity index (χ1) is 10.1. The summed E-state index contributed by atoms with van der Waals surface area (Å²) >= 11 is 7.76. The Bertz CT molecular complexity index is 848. The largest absolute Gasteiger partial charge is 0.296 e. The molecule has 0 aliphatic rings. The lowest BCUT2D eigenvalue weighted by Gasteiger charge is -2.07. The fraction of sp³-hybridized carbons (Fsp3) is 0.250. The second-order valence-corrected chi connectivity index (χ2v) is 6.48. The van der Waals surface area contributed by atoms with Gasteiger partial charge in [0, 0.05) is 15.5 Å². The fourth-order valence-corrected chi connectivity index (χ4v) is 3.79. The molecule has 0 saturated carbocycles. The molecular formula is C16H15ClN2OS. The van der Waals surface area contributed by atoms with Crippen LogP contribution in [0.5, 0.6) is 0 Å². The lowest BCUT2D eigenvalue weighted by atomic mass is 10.1. The first-order valence-corrected chi connectivity index (χ1v) is 7.98. The number of hydrogen-bond donors (Lipinski definition) is 0. The van der Waals surface area contributed by atoms with Gasteiger partial charge in [-0.1, -0.05) is 24.6 Å². The van der Waals surface area contributed by atoms with E-state index in [4.69, 9.17) is 11.6 Å². The van der Waals surface area contributed by atoms with E-state index < -0.39 is 0 Å². The van der Waals surface area contributed by atoms with E-state index in [9.17, 15) is 4.79 Å². The maximum absolute atomic E-state index is 11.4. The van der Waals surface area contributed by atoms with Crippen molar-refractivity contribution >= 4 is 34.2 Å². The number of aryl methyl sites for hydroxylation is 3. The summed E-state index contributed by atoms with van der Waals surface area (Å²) in [7, 11) is 0. The minimum Gasteiger partial charge on any atom is -0.296 e. The molecular weight excluding hydrogens is 304 g/mol. The highest BCUT2D eigenvalue weighted by atomic mass is 35.5. The minimum absolute atomic E-state index is 0.628. The van der Waals surface area contributed by atoms with E-state index in [0.29, 0.717) is 5.69 Å². The van der Waals surface area contributed by atoms with Gasteiger partial charge in [-0.2, -0.15) is 0 Å². The Morgan fingerprint density at radius 1 is 1.38 bits per heavy atom. The van der Waals surface area contributed by atoms with Crippen LogP contribution in [0.3, 0.4) is 0 Å². The molecule has 0 N–H and O–H groups in total. The number of nitrogens with zero attached hydrogens (tertiary/aromatic N) is 2. The van der Waals surface area contributed by atoms with Crippen LogP contribution in [0.25, 0.3) is 16.2 Å². The van der Waals surface area contributed by atoms with E-state index in [0.717, 1.165) is 45.2 Å². The van der Waals surface area contributed by atoms with E-state index >= 15 is 0 Å². The van der Waals surface area contributed by atoms with Crippen molar-refractivity contribution < 1.29 is 4.79 Å². The summed E-state index contributed by atoms with van der Waals surface area (Å²) in [6.07, 6.45) is 1.79. The molecule has 0 unspecified atom stereocenters. The van der Waals surface area contributed by atoms with Crippen molar-refractivity contribution in [3.8, 4) is 11.3 Å². The molecule has 0 bridgehead atoms. The number of aromatic nitrogens is 2. The number of fused-ring (bicyclic) bond motifs is 1. The predicted molar refractivity (Wildman–Crippen MR) is 87.8 cm³/mol. The van der Waals surface area contributed by atoms with Gasteiger partial charge in [-0.25, -0.2) is 4.98 Å². The van der Waals surface area contributed by atoms with E-state index in [1.807, 2.05) is 30.4 Å². The van der Waals surface area contributed by atoms with Gasteiger partial charge in [0.2, 0.25) is 0 Å². The Labute approximate surface area is 132 Å². The number of hydrogen-bond acceptors (Lipinski definition) is 3. The van der Waals surface area contributed by atoms with E-state index in [1.54, 1.807) is 11.3 Å². The monoisotopic (exact) mass is 318 g/mol. The van der Waals surface area contributed by atoms with E-state index in [-0.39, 0.29) is 0 Å². The van der Waals surface area contributed by atoms with Gasteiger partial charge in [0.1, 0.15) is 5.69 Å². The summed E-state index contributed by atoms with van der Waals surface area (Å²) in [5.74, 6) is 0. The Kier molecular flexibility index (Phi) is 3.59. The van der Waals surface area contributed by atoms with Crippen molar-refractivity contribution in [3.63, 3.8) is 0 Å². The molecule has 0 aliphatic heterocycles. The van der Waals surface area contributed by atoms with Gasteiger partial charge in [-0.05, 0) is 38.0 Å². The van der Waals surface area contributed by atoms with Crippen LogP contribution in [0.1, 0.15) is 33.5 Å². The standard InChI is InChI=1S/C16H15ClN2OS/c1-4-14-15(11-5-6-12(17)9(2)7-11)19-13(8-20)10(3)18-16(19)21-14/h5-8H,4H2,1-3H3. The molecule has 3 rings (SSSR count). The summed E-state index contributed by atoms with van der Waals surface area (Å²) < 4.78 is 1.97. The molecule has 0 spiro atoms. The third-order valence-corrected chi connectivity index (χ3v) is 5.24. The molecule has 2 heterocycles. The van der Waals surface area contributed by atoms with Crippen LogP contribution in [0.4, 0.5) is 0 Å². The fourth-order valence-electron chi connectivity index (χ4n) is 2.54. The van der Waals surface area contributed by atoms with Gasteiger partial charge >= 0.3 is 0 Å². The van der Waals surface area contributed by atoms with E-state index in [1.165, 1.54) is 4.88 Å². The molecule has 0 atom stereocenters. The minimum atomic E-state index is 0.628. The maximum Gasteiger partial charge on any atom is 0.195 e. The maximum atomic E-state index is 11.4. The number of aldehydes is 1. The van der Waals surface area contributed by atoms with Crippen molar-refractivity contribution in [2.24, 2.45) is 0 Å². The third-order valence-electron chi connectivity index (χ3n) is 3.63. The SMILES string of the molecule is CCc1sc2nc(C)c(C=O)n2c1-c1ccc(Cl)c(C)c1. The summed E-state index contributed by atoms with van der Waals surface area (Å²) in [5.41, 5.74) is 4.55. The molecule has 0 aliphatic carbocycles. The lowest BCUT2D eigenvalue weighted by Crippen LogP contribution is -1.96. The Morgan fingerprint density at radius 2 is 2.14 bits per heavy atom. The lowest BCUT2D eigenvalue weighted by molar-refractivity contribution is 0.111. The van der Waals surface area contributed by atoms with Gasteiger partial charge in [-0.15, -0.1) is 11.3 Å². The number of imidazole rings is 1. The number of benzene rings is 1. The molecule has 2 aromatic heterocycles. The highest BCUT2D eigenvalue weighted by Crippen LogP contribution is 2.35. The average molecular weight is 319 g/mol. The molecule has 108 valence electrons. The second-order valence-electron chi connectivity index (χ2n) is 5.01. The molecule has 3 aromatic rings. The highest BCUT2D eigenvalue weighted by Gasteiger charge is 2.19. The van der Waals surface area contributed by atoms with Gasteiger partial charge in [0.25, 0.3) is 0 Å². The first kappa shape index (κ1) is 14.3. The first-order valence-electron chi connectivity index (χ1n) is 6.79. The van der Waals surface area contributed by atoms with Gasteiger partial charge in [0.05, 0.1) is 11.4 Å². The number of thiazole rings is 1. The van der Waals surface area contributed by atoms with Crippen LogP contribution in [0.2, 0.25) is 5.02 Å². The smallest absolute Gasteiger partial charge is 0.195 e. The molecule has 21 heavy (non-hydrogen) atoms. The number of carbonyl (C=O) groups excluding carboxylic acids is 1. The molecule has 5 heteroatoms. The van der Waals surface area contributed by atoms with Crippen molar-refractivity contribution in [1.29, 1.82) is 0 Å². The predicted octanol–water partition coefficient (Wildman–Crippen LogP) is 4.71.